The van der Waals surface area contributed by atoms with Crippen molar-refractivity contribution >= 4 is 0 Å². The van der Waals surface area contributed by atoms with Crippen LogP contribution < -0.4 is 0 Å². The lowest BCUT2D eigenvalue weighted by molar-refractivity contribution is 0.185. The molecule has 0 saturated heterocycles. The highest BCUT2D eigenvalue weighted by Crippen LogP contribution is 2.41. The fourth-order valence-electron chi connectivity index (χ4n) is 5.82. The van der Waals surface area contributed by atoms with Crippen LogP contribution in [-0.2, 0) is 12.8 Å². The predicted molar refractivity (Wildman–Crippen MR) is 128 cm³/mol. The molecule has 2 aliphatic rings. The maximum Gasteiger partial charge on any atom is 0.126 e. The van der Waals surface area contributed by atoms with Crippen LogP contribution >= 0.6 is 0 Å². The minimum atomic E-state index is 0.0100. The summed E-state index contributed by atoms with van der Waals surface area (Å²) < 4.78 is 14.4. The molecule has 1 unspecified atom stereocenters. The van der Waals surface area contributed by atoms with Gasteiger partial charge in [0.1, 0.15) is 5.82 Å². The van der Waals surface area contributed by atoms with Crippen LogP contribution in [0.3, 0.4) is 0 Å². The molecule has 0 amide bonds. The van der Waals surface area contributed by atoms with E-state index in [0.29, 0.717) is 0 Å². The van der Waals surface area contributed by atoms with E-state index in [0.717, 1.165) is 49.0 Å². The molecule has 1 aromatic rings. The molecule has 0 radical (unpaired) electrons. The third-order valence-corrected chi connectivity index (χ3v) is 7.97. The van der Waals surface area contributed by atoms with Gasteiger partial charge in [-0.3, -0.25) is 0 Å². The van der Waals surface area contributed by atoms with Crippen LogP contribution in [0.25, 0.3) is 0 Å². The summed E-state index contributed by atoms with van der Waals surface area (Å²) in [5, 5.41) is 0. The summed E-state index contributed by atoms with van der Waals surface area (Å²) in [6.45, 7) is 4.51. The Balaban J connectivity index is 1.40. The van der Waals surface area contributed by atoms with Gasteiger partial charge in [-0.15, -0.1) is 0 Å². The molecule has 1 atom stereocenters. The Labute approximate surface area is 185 Å². The third-order valence-electron chi connectivity index (χ3n) is 7.97. The van der Waals surface area contributed by atoms with Crippen molar-refractivity contribution in [1.82, 2.24) is 0 Å². The first-order valence-electron chi connectivity index (χ1n) is 13.1. The Morgan fingerprint density at radius 1 is 0.833 bits per heavy atom. The topological polar surface area (TPSA) is 0 Å². The lowest BCUT2D eigenvalue weighted by Gasteiger charge is -2.35. The zero-order valence-corrected chi connectivity index (χ0v) is 19.7. The number of allylic oxidation sites excluding steroid dienone is 2. The minimum Gasteiger partial charge on any atom is -0.207 e. The average Bonchev–Trinajstić information content (AvgIpc) is 2.78. The first-order chi connectivity index (χ1) is 14.7. The summed E-state index contributed by atoms with van der Waals surface area (Å²) in [5.74, 6) is 2.95. The van der Waals surface area contributed by atoms with E-state index in [1.165, 1.54) is 82.6 Å². The molecule has 0 N–H and O–H groups in total. The van der Waals surface area contributed by atoms with Gasteiger partial charge in [0.15, 0.2) is 0 Å². The smallest absolute Gasteiger partial charge is 0.126 e. The van der Waals surface area contributed by atoms with Crippen molar-refractivity contribution in [3.8, 4) is 0 Å². The molecule has 0 spiro atoms. The normalized spacial score (nSPS) is 24.6. The van der Waals surface area contributed by atoms with Gasteiger partial charge in [-0.05, 0) is 92.7 Å². The third kappa shape index (κ3) is 7.24. The number of halogens is 1. The maximum absolute atomic E-state index is 14.4. The highest BCUT2D eigenvalue weighted by Gasteiger charge is 2.28. The van der Waals surface area contributed by atoms with Crippen molar-refractivity contribution < 1.29 is 4.39 Å². The molecule has 1 aromatic carbocycles. The molecule has 3 rings (SSSR count). The highest BCUT2D eigenvalue weighted by molar-refractivity contribution is 5.25. The highest BCUT2D eigenvalue weighted by atomic mass is 19.1. The van der Waals surface area contributed by atoms with E-state index in [4.69, 9.17) is 0 Å². The molecule has 1 saturated carbocycles. The molecular formula is C29H45F. The summed E-state index contributed by atoms with van der Waals surface area (Å²) in [7, 11) is 0. The fourth-order valence-corrected chi connectivity index (χ4v) is 5.82. The van der Waals surface area contributed by atoms with Gasteiger partial charge < -0.3 is 0 Å². The number of unbranched alkanes of at least 4 members (excludes halogenated alkanes) is 3. The Bertz CT molecular complexity index is 650. The number of rotatable bonds is 11. The first-order valence-corrected chi connectivity index (χ1v) is 13.1. The molecule has 0 nitrogen and oxygen atoms in total. The van der Waals surface area contributed by atoms with Crippen LogP contribution in [0.5, 0.6) is 0 Å². The van der Waals surface area contributed by atoms with Gasteiger partial charge in [-0.1, -0.05) is 82.6 Å². The van der Waals surface area contributed by atoms with Gasteiger partial charge >= 0.3 is 0 Å². The van der Waals surface area contributed by atoms with Crippen molar-refractivity contribution in [3.05, 3.63) is 46.8 Å². The maximum atomic E-state index is 14.4. The summed E-state index contributed by atoms with van der Waals surface area (Å²) >= 11 is 0. The first kappa shape index (κ1) is 23.6. The summed E-state index contributed by atoms with van der Waals surface area (Å²) in [5.41, 5.74) is 3.69. The summed E-state index contributed by atoms with van der Waals surface area (Å²) in [6, 6.07) is 5.99. The van der Waals surface area contributed by atoms with E-state index in [2.05, 4.69) is 26.0 Å². The molecule has 0 bridgehead atoms. The second-order valence-corrected chi connectivity index (χ2v) is 10.2. The van der Waals surface area contributed by atoms with Crippen molar-refractivity contribution in [2.24, 2.45) is 17.8 Å². The fraction of sp³-hybridized carbons (Fsp3) is 0.724. The van der Waals surface area contributed by atoms with Gasteiger partial charge in [0.2, 0.25) is 0 Å². The second-order valence-electron chi connectivity index (χ2n) is 10.2. The lowest BCUT2D eigenvalue weighted by atomic mass is 9.70. The second kappa shape index (κ2) is 12.7. The van der Waals surface area contributed by atoms with E-state index in [1.54, 1.807) is 11.6 Å². The Hall–Kier alpha value is -1.11. The van der Waals surface area contributed by atoms with Gasteiger partial charge in [-0.2, -0.15) is 0 Å². The zero-order valence-electron chi connectivity index (χ0n) is 19.7. The molecule has 0 aromatic heterocycles. The molecule has 2 aliphatic carbocycles. The Kier molecular flexibility index (Phi) is 9.95. The minimum absolute atomic E-state index is 0.0100. The molecule has 0 aliphatic heterocycles. The largest absolute Gasteiger partial charge is 0.207 e. The Morgan fingerprint density at radius 3 is 2.30 bits per heavy atom. The van der Waals surface area contributed by atoms with Crippen LogP contribution in [0.1, 0.15) is 115 Å². The predicted octanol–water partition coefficient (Wildman–Crippen LogP) is 9.21. The molecule has 30 heavy (non-hydrogen) atoms. The number of aryl methyl sites for hydroxylation is 2. The average molecular weight is 413 g/mol. The monoisotopic (exact) mass is 412 g/mol. The Morgan fingerprint density at radius 2 is 1.63 bits per heavy atom. The van der Waals surface area contributed by atoms with Crippen LogP contribution in [0.15, 0.2) is 29.8 Å². The van der Waals surface area contributed by atoms with E-state index < -0.39 is 0 Å². The van der Waals surface area contributed by atoms with E-state index >= 15 is 0 Å². The van der Waals surface area contributed by atoms with Crippen LogP contribution in [-0.4, -0.2) is 0 Å². The van der Waals surface area contributed by atoms with Crippen molar-refractivity contribution in [3.63, 3.8) is 0 Å². The van der Waals surface area contributed by atoms with Crippen molar-refractivity contribution in [2.75, 3.05) is 0 Å². The summed E-state index contributed by atoms with van der Waals surface area (Å²) in [4.78, 5) is 0. The van der Waals surface area contributed by atoms with Crippen LogP contribution in [0.4, 0.5) is 4.39 Å². The number of benzene rings is 1. The quantitative estimate of drug-likeness (QED) is 0.251. The molecule has 1 heteroatoms. The number of hydrogen-bond acceptors (Lipinski definition) is 0. The van der Waals surface area contributed by atoms with Gasteiger partial charge in [0, 0.05) is 0 Å². The van der Waals surface area contributed by atoms with Gasteiger partial charge in [0.05, 0.1) is 0 Å². The molecule has 0 heterocycles. The van der Waals surface area contributed by atoms with Crippen LogP contribution in [0.2, 0.25) is 0 Å². The van der Waals surface area contributed by atoms with Crippen molar-refractivity contribution in [1.29, 1.82) is 0 Å². The summed E-state index contributed by atoms with van der Waals surface area (Å²) in [6.07, 6.45) is 23.2. The standard InChI is InChI=1S/C29H45F/c1-3-5-7-9-28-21-16-25(22-29(28)30)11-10-24-14-19-27(20-15-24)26-17-12-23(13-18-26)8-6-4-2/h14,16,21-23,26-27H,3-13,15,17-20H2,1-2H3/t23-,26-,27?. The SMILES string of the molecule is CCCCCc1ccc(CCC2=CCC([C@H]3CC[C@H](CCCC)CC3)CC2)cc1F. The van der Waals surface area contributed by atoms with Crippen LogP contribution in [0, 0.1) is 23.6 Å². The van der Waals surface area contributed by atoms with Gasteiger partial charge in [0.25, 0.3) is 0 Å². The molecular weight excluding hydrogens is 367 g/mol. The zero-order chi connectivity index (χ0) is 21.2. The molecule has 168 valence electrons. The number of hydrogen-bond donors (Lipinski definition) is 0. The molecule has 1 fully saturated rings. The van der Waals surface area contributed by atoms with Gasteiger partial charge in [-0.25, -0.2) is 4.39 Å². The van der Waals surface area contributed by atoms with E-state index in [9.17, 15) is 4.39 Å². The van der Waals surface area contributed by atoms with Crippen molar-refractivity contribution in [2.45, 2.75) is 117 Å². The lowest BCUT2D eigenvalue weighted by Crippen LogP contribution is -2.23. The van der Waals surface area contributed by atoms with E-state index in [1.807, 2.05) is 6.07 Å². The van der Waals surface area contributed by atoms with E-state index in [-0.39, 0.29) is 5.82 Å².